The minimum absolute atomic E-state index is 0.152. The minimum atomic E-state index is -0.314. The Morgan fingerprint density at radius 3 is 2.32 bits per heavy atom. The number of pyridine rings is 1. The second-order valence-corrected chi connectivity index (χ2v) is 8.84. The quantitative estimate of drug-likeness (QED) is 0.364. The first-order chi connectivity index (χ1) is 18.0. The van der Waals surface area contributed by atoms with Crippen LogP contribution in [-0.4, -0.2) is 30.3 Å². The minimum Gasteiger partial charge on any atom is -0.494 e. The molecule has 1 aliphatic heterocycles. The molecule has 2 N–H and O–H groups in total. The molecule has 4 aromatic rings. The van der Waals surface area contributed by atoms with Crippen molar-refractivity contribution in [2.75, 3.05) is 30.5 Å². The highest BCUT2D eigenvalue weighted by molar-refractivity contribution is 5.92. The molecule has 0 radical (unpaired) electrons. The van der Waals surface area contributed by atoms with Crippen molar-refractivity contribution < 1.29 is 19.0 Å². The van der Waals surface area contributed by atoms with E-state index in [9.17, 15) is 9.59 Å². The Labute approximate surface area is 214 Å². The van der Waals surface area contributed by atoms with Gasteiger partial charge in [-0.15, -0.1) is 0 Å². The van der Waals surface area contributed by atoms with Crippen LogP contribution in [0.3, 0.4) is 0 Å². The number of benzene rings is 3. The fraction of sp³-hybridized carbons (Fsp3) is 0.241. The summed E-state index contributed by atoms with van der Waals surface area (Å²) in [6, 6.07) is 20.6. The Hall–Kier alpha value is -4.46. The number of nitrogens with zero attached hydrogens (tertiary/aromatic N) is 1. The highest BCUT2D eigenvalue weighted by Gasteiger charge is 2.18. The summed E-state index contributed by atoms with van der Waals surface area (Å²) in [7, 11) is 0. The van der Waals surface area contributed by atoms with Crippen molar-refractivity contribution in [2.24, 2.45) is 0 Å². The zero-order valence-corrected chi connectivity index (χ0v) is 20.9. The number of aryl methyl sites for hydroxylation is 1. The third-order valence-electron chi connectivity index (χ3n) is 6.12. The standard InChI is InChI=1S/C29H29N3O5/c1-3-35-24-10-8-23(9-11-24)31-28(33)18-32-25-16-27-26(36-12-13-37-27)15-20(25)14-21(29(32)34)17-30-22-6-4-19(2)5-7-22/h4-11,14-16,30H,3,12-13,17-18H2,1-2H3,(H,31,33). The summed E-state index contributed by atoms with van der Waals surface area (Å²) in [6.45, 7) is 5.56. The molecule has 8 nitrogen and oxygen atoms in total. The molecule has 1 aromatic heterocycles. The summed E-state index contributed by atoms with van der Waals surface area (Å²) in [5.41, 5.74) is 3.59. The molecule has 0 spiro atoms. The van der Waals surface area contributed by atoms with Crippen LogP contribution in [0.15, 0.2) is 71.5 Å². The maximum absolute atomic E-state index is 13.6. The van der Waals surface area contributed by atoms with Gasteiger partial charge in [-0.1, -0.05) is 17.7 Å². The lowest BCUT2D eigenvalue weighted by atomic mass is 10.1. The number of hydrogen-bond donors (Lipinski definition) is 2. The monoisotopic (exact) mass is 499 g/mol. The average molecular weight is 500 g/mol. The topological polar surface area (TPSA) is 90.8 Å². The van der Waals surface area contributed by atoms with Crippen LogP contribution in [0.4, 0.5) is 11.4 Å². The molecule has 2 heterocycles. The number of nitrogens with one attached hydrogen (secondary N) is 2. The first-order valence-corrected chi connectivity index (χ1v) is 12.3. The Morgan fingerprint density at radius 1 is 0.946 bits per heavy atom. The molecule has 0 fully saturated rings. The second kappa shape index (κ2) is 10.7. The summed E-state index contributed by atoms with van der Waals surface area (Å²) in [6.07, 6.45) is 0. The van der Waals surface area contributed by atoms with Gasteiger partial charge >= 0.3 is 0 Å². The van der Waals surface area contributed by atoms with E-state index < -0.39 is 0 Å². The SMILES string of the molecule is CCOc1ccc(NC(=O)Cn2c(=O)c(CNc3ccc(C)cc3)cc3cc4c(cc32)OCCO4)cc1. The molecule has 1 aliphatic rings. The summed E-state index contributed by atoms with van der Waals surface area (Å²) >= 11 is 0. The van der Waals surface area contributed by atoms with E-state index in [-0.39, 0.29) is 18.0 Å². The van der Waals surface area contributed by atoms with Gasteiger partial charge in [0.25, 0.3) is 5.56 Å². The van der Waals surface area contributed by atoms with Crippen LogP contribution in [0.2, 0.25) is 0 Å². The maximum Gasteiger partial charge on any atom is 0.256 e. The number of carbonyl (C=O) groups is 1. The van der Waals surface area contributed by atoms with Crippen LogP contribution >= 0.6 is 0 Å². The third-order valence-corrected chi connectivity index (χ3v) is 6.12. The van der Waals surface area contributed by atoms with Gasteiger partial charge in [0.05, 0.1) is 12.1 Å². The van der Waals surface area contributed by atoms with Crippen LogP contribution in [0.5, 0.6) is 17.2 Å². The maximum atomic E-state index is 13.6. The number of anilines is 2. The van der Waals surface area contributed by atoms with Crippen molar-refractivity contribution in [3.63, 3.8) is 0 Å². The van der Waals surface area contributed by atoms with Crippen LogP contribution < -0.4 is 30.4 Å². The predicted molar refractivity (Wildman–Crippen MR) is 144 cm³/mol. The van der Waals surface area contributed by atoms with Gasteiger partial charge in [0.15, 0.2) is 11.5 Å². The molecular formula is C29H29N3O5. The average Bonchev–Trinajstić information content (AvgIpc) is 2.90. The molecule has 5 rings (SSSR count). The van der Waals surface area contributed by atoms with Crippen molar-refractivity contribution in [1.29, 1.82) is 0 Å². The van der Waals surface area contributed by atoms with E-state index in [1.165, 1.54) is 4.57 Å². The third kappa shape index (κ3) is 5.53. The molecule has 0 unspecified atom stereocenters. The molecule has 0 aliphatic carbocycles. The molecule has 190 valence electrons. The van der Waals surface area contributed by atoms with E-state index in [4.69, 9.17) is 14.2 Å². The van der Waals surface area contributed by atoms with Crippen molar-refractivity contribution >= 4 is 28.2 Å². The summed E-state index contributed by atoms with van der Waals surface area (Å²) in [5.74, 6) is 1.60. The highest BCUT2D eigenvalue weighted by atomic mass is 16.6. The smallest absolute Gasteiger partial charge is 0.256 e. The van der Waals surface area contributed by atoms with Crippen LogP contribution in [0.25, 0.3) is 10.9 Å². The molecule has 0 saturated heterocycles. The molecule has 0 bridgehead atoms. The number of carbonyl (C=O) groups excluding carboxylic acids is 1. The Kier molecular flexibility index (Phi) is 6.98. The predicted octanol–water partition coefficient (Wildman–Crippen LogP) is 4.73. The van der Waals surface area contributed by atoms with Crippen molar-refractivity contribution in [2.45, 2.75) is 26.9 Å². The van der Waals surface area contributed by atoms with Crippen LogP contribution in [-0.2, 0) is 17.9 Å². The van der Waals surface area contributed by atoms with E-state index in [0.717, 1.165) is 22.4 Å². The lowest BCUT2D eigenvalue weighted by Crippen LogP contribution is -2.31. The largest absolute Gasteiger partial charge is 0.494 e. The first kappa shape index (κ1) is 24.2. The van der Waals surface area contributed by atoms with Gasteiger partial charge in [-0.05, 0) is 62.4 Å². The summed E-state index contributed by atoms with van der Waals surface area (Å²) in [4.78, 5) is 26.6. The molecule has 0 atom stereocenters. The van der Waals surface area contributed by atoms with Gasteiger partial charge in [0, 0.05) is 34.9 Å². The summed E-state index contributed by atoms with van der Waals surface area (Å²) in [5, 5.41) is 6.97. The Balaban J connectivity index is 1.46. The molecule has 37 heavy (non-hydrogen) atoms. The van der Waals surface area contributed by atoms with Crippen molar-refractivity contribution in [1.82, 2.24) is 4.57 Å². The zero-order valence-electron chi connectivity index (χ0n) is 20.9. The van der Waals surface area contributed by atoms with Gasteiger partial charge in [0.1, 0.15) is 25.5 Å². The Morgan fingerprint density at radius 2 is 1.62 bits per heavy atom. The van der Waals surface area contributed by atoms with Crippen LogP contribution in [0.1, 0.15) is 18.1 Å². The fourth-order valence-electron chi connectivity index (χ4n) is 4.27. The number of rotatable bonds is 8. The number of hydrogen-bond acceptors (Lipinski definition) is 6. The van der Waals surface area contributed by atoms with Crippen molar-refractivity contribution in [3.05, 3.63) is 88.2 Å². The van der Waals surface area contributed by atoms with Crippen LogP contribution in [0, 0.1) is 6.92 Å². The van der Waals surface area contributed by atoms with Gasteiger partial charge < -0.3 is 24.8 Å². The number of amides is 1. The van der Waals surface area contributed by atoms with Crippen molar-refractivity contribution in [3.8, 4) is 17.2 Å². The van der Waals surface area contributed by atoms with E-state index in [1.807, 2.05) is 50.2 Å². The second-order valence-electron chi connectivity index (χ2n) is 8.84. The van der Waals surface area contributed by atoms with E-state index >= 15 is 0 Å². The lowest BCUT2D eigenvalue weighted by molar-refractivity contribution is -0.116. The van der Waals surface area contributed by atoms with Gasteiger partial charge in [-0.3, -0.25) is 14.2 Å². The van der Waals surface area contributed by atoms with Gasteiger partial charge in [0.2, 0.25) is 5.91 Å². The fourth-order valence-corrected chi connectivity index (χ4v) is 4.27. The lowest BCUT2D eigenvalue weighted by Gasteiger charge is -2.21. The number of aromatic nitrogens is 1. The molecule has 1 amide bonds. The molecule has 8 heteroatoms. The van der Waals surface area contributed by atoms with Gasteiger partial charge in [-0.2, -0.15) is 0 Å². The first-order valence-electron chi connectivity index (χ1n) is 12.3. The Bertz CT molecular complexity index is 1480. The summed E-state index contributed by atoms with van der Waals surface area (Å²) < 4.78 is 18.4. The molecular weight excluding hydrogens is 470 g/mol. The van der Waals surface area contributed by atoms with E-state index in [2.05, 4.69) is 10.6 Å². The number of ether oxygens (including phenoxy) is 3. The van der Waals surface area contributed by atoms with Gasteiger partial charge in [-0.25, -0.2) is 0 Å². The van der Waals surface area contributed by atoms with E-state index in [1.54, 1.807) is 30.3 Å². The van der Waals surface area contributed by atoms with E-state index in [0.29, 0.717) is 54.6 Å². The molecule has 0 saturated carbocycles. The molecule has 3 aromatic carbocycles. The number of fused-ring (bicyclic) bond motifs is 2. The normalized spacial score (nSPS) is 12.3. The zero-order chi connectivity index (χ0) is 25.8. The highest BCUT2D eigenvalue weighted by Crippen LogP contribution is 2.34.